The molecular weight excluding hydrogens is 328 g/mol. The van der Waals surface area contributed by atoms with E-state index >= 15 is 0 Å². The second kappa shape index (κ2) is 7.83. The maximum absolute atomic E-state index is 6.05. The molecule has 4 rings (SSSR count). The molecule has 1 aliphatic rings. The second-order valence-electron chi connectivity index (χ2n) is 6.23. The lowest BCUT2D eigenvalue weighted by atomic mass is 9.98. The van der Waals surface area contributed by atoms with E-state index in [0.717, 1.165) is 37.7 Å². The minimum Gasteiger partial charge on any atom is -0.457 e. The number of hydrogen-bond donors (Lipinski definition) is 1. The van der Waals surface area contributed by atoms with Crippen LogP contribution < -0.4 is 10.1 Å². The molecule has 1 unspecified atom stereocenters. The molecule has 25 heavy (non-hydrogen) atoms. The maximum atomic E-state index is 6.05. The van der Waals surface area contributed by atoms with Gasteiger partial charge in [-0.3, -0.25) is 4.90 Å². The molecule has 1 fully saturated rings. The van der Waals surface area contributed by atoms with Crippen LogP contribution in [0.1, 0.15) is 17.2 Å². The van der Waals surface area contributed by atoms with Crippen molar-refractivity contribution in [3.8, 4) is 11.5 Å². The average Bonchev–Trinajstić information content (AvgIpc) is 3.18. The summed E-state index contributed by atoms with van der Waals surface area (Å²) in [5.74, 6) is 1.76. The van der Waals surface area contributed by atoms with Crippen molar-refractivity contribution in [2.24, 2.45) is 0 Å². The van der Waals surface area contributed by atoms with Gasteiger partial charge in [0.2, 0.25) is 0 Å². The zero-order chi connectivity index (χ0) is 16.9. The first-order valence-corrected chi connectivity index (χ1v) is 9.64. The third-order valence-electron chi connectivity index (χ3n) is 4.53. The van der Waals surface area contributed by atoms with Crippen LogP contribution in [0.2, 0.25) is 0 Å². The predicted molar refractivity (Wildman–Crippen MR) is 104 cm³/mol. The molecule has 0 amide bonds. The van der Waals surface area contributed by atoms with E-state index in [1.807, 2.05) is 36.4 Å². The highest BCUT2D eigenvalue weighted by atomic mass is 32.1. The van der Waals surface area contributed by atoms with Gasteiger partial charge in [-0.25, -0.2) is 0 Å². The molecule has 3 nitrogen and oxygen atoms in total. The van der Waals surface area contributed by atoms with E-state index in [-0.39, 0.29) is 6.04 Å². The van der Waals surface area contributed by atoms with Crippen molar-refractivity contribution < 1.29 is 4.74 Å². The molecule has 0 spiro atoms. The summed E-state index contributed by atoms with van der Waals surface area (Å²) in [4.78, 5) is 2.56. The normalized spacial score (nSPS) is 16.5. The SMILES string of the molecule is c1ccc(Oc2cccc(C(c3ccsc3)N3CCNCC3)c2)cc1. The Labute approximate surface area is 152 Å². The van der Waals surface area contributed by atoms with E-state index in [2.05, 4.69) is 45.2 Å². The fourth-order valence-corrected chi connectivity index (χ4v) is 4.04. The lowest BCUT2D eigenvalue weighted by Gasteiger charge is -2.35. The standard InChI is InChI=1S/C21H22N2OS/c1-2-6-19(7-3-1)24-20-8-4-5-17(15-20)21(18-9-14-25-16-18)23-12-10-22-11-13-23/h1-9,14-16,21-22H,10-13H2. The number of benzene rings is 2. The number of thiophene rings is 1. The van der Waals surface area contributed by atoms with Crippen LogP contribution in [-0.4, -0.2) is 31.1 Å². The van der Waals surface area contributed by atoms with Crippen molar-refractivity contribution in [1.29, 1.82) is 0 Å². The van der Waals surface area contributed by atoms with E-state index in [1.54, 1.807) is 11.3 Å². The van der Waals surface area contributed by atoms with Crippen LogP contribution in [0.3, 0.4) is 0 Å². The van der Waals surface area contributed by atoms with E-state index < -0.39 is 0 Å². The zero-order valence-electron chi connectivity index (χ0n) is 14.1. The Bertz CT molecular complexity index is 783. The maximum Gasteiger partial charge on any atom is 0.127 e. The lowest BCUT2D eigenvalue weighted by molar-refractivity contribution is 0.198. The molecule has 0 radical (unpaired) electrons. The first-order valence-electron chi connectivity index (χ1n) is 8.70. The molecule has 1 N–H and O–H groups in total. The van der Waals surface area contributed by atoms with Gasteiger partial charge in [0.05, 0.1) is 6.04 Å². The molecule has 0 bridgehead atoms. The van der Waals surface area contributed by atoms with Gasteiger partial charge in [-0.1, -0.05) is 30.3 Å². The summed E-state index contributed by atoms with van der Waals surface area (Å²) in [6, 6.07) is 21.0. The molecule has 1 aromatic heterocycles. The van der Waals surface area contributed by atoms with Crippen LogP contribution in [0.4, 0.5) is 0 Å². The van der Waals surface area contributed by atoms with Gasteiger partial charge in [0.1, 0.15) is 11.5 Å². The highest BCUT2D eigenvalue weighted by Gasteiger charge is 2.24. The Balaban J connectivity index is 1.64. The molecule has 128 valence electrons. The van der Waals surface area contributed by atoms with E-state index in [9.17, 15) is 0 Å². The number of ether oxygens (including phenoxy) is 1. The Kier molecular flexibility index (Phi) is 5.11. The summed E-state index contributed by atoms with van der Waals surface area (Å²) in [5.41, 5.74) is 2.65. The number of piperazine rings is 1. The summed E-state index contributed by atoms with van der Waals surface area (Å²) in [6.07, 6.45) is 0. The number of hydrogen-bond acceptors (Lipinski definition) is 4. The van der Waals surface area contributed by atoms with Crippen LogP contribution in [0.15, 0.2) is 71.4 Å². The van der Waals surface area contributed by atoms with Gasteiger partial charge in [-0.2, -0.15) is 11.3 Å². The van der Waals surface area contributed by atoms with Crippen molar-refractivity contribution in [3.05, 3.63) is 82.6 Å². The number of para-hydroxylation sites is 1. The summed E-state index contributed by atoms with van der Waals surface area (Å²) in [7, 11) is 0. The first kappa shape index (κ1) is 16.3. The van der Waals surface area contributed by atoms with Crippen molar-refractivity contribution in [2.75, 3.05) is 26.2 Å². The van der Waals surface area contributed by atoms with Gasteiger partial charge in [-0.05, 0) is 52.2 Å². The summed E-state index contributed by atoms with van der Waals surface area (Å²) in [5, 5.41) is 7.87. The molecule has 0 saturated carbocycles. The lowest BCUT2D eigenvalue weighted by Crippen LogP contribution is -2.45. The number of rotatable bonds is 5. The third kappa shape index (κ3) is 3.93. The fraction of sp³-hybridized carbons (Fsp3) is 0.238. The van der Waals surface area contributed by atoms with Crippen LogP contribution in [0.5, 0.6) is 11.5 Å². The second-order valence-corrected chi connectivity index (χ2v) is 7.01. The molecule has 2 aromatic carbocycles. The summed E-state index contributed by atoms with van der Waals surface area (Å²) in [6.45, 7) is 4.20. The van der Waals surface area contributed by atoms with E-state index in [4.69, 9.17) is 4.74 Å². The van der Waals surface area contributed by atoms with E-state index in [1.165, 1.54) is 11.1 Å². The molecule has 2 heterocycles. The number of nitrogens with one attached hydrogen (secondary N) is 1. The summed E-state index contributed by atoms with van der Waals surface area (Å²) < 4.78 is 6.05. The van der Waals surface area contributed by atoms with Crippen LogP contribution in [0.25, 0.3) is 0 Å². The van der Waals surface area contributed by atoms with Crippen molar-refractivity contribution in [2.45, 2.75) is 6.04 Å². The Hall–Kier alpha value is -2.14. The monoisotopic (exact) mass is 350 g/mol. The Morgan fingerprint density at radius 2 is 1.68 bits per heavy atom. The van der Waals surface area contributed by atoms with Crippen LogP contribution in [-0.2, 0) is 0 Å². The third-order valence-corrected chi connectivity index (χ3v) is 5.23. The van der Waals surface area contributed by atoms with Crippen molar-refractivity contribution >= 4 is 11.3 Å². The first-order chi connectivity index (χ1) is 12.4. The number of nitrogens with zero attached hydrogens (tertiary/aromatic N) is 1. The molecule has 1 aliphatic heterocycles. The minimum atomic E-state index is 0.285. The van der Waals surface area contributed by atoms with Gasteiger partial charge in [0.15, 0.2) is 0 Å². The van der Waals surface area contributed by atoms with Gasteiger partial charge < -0.3 is 10.1 Å². The largest absolute Gasteiger partial charge is 0.457 e. The highest BCUT2D eigenvalue weighted by Crippen LogP contribution is 2.33. The van der Waals surface area contributed by atoms with E-state index in [0.29, 0.717) is 0 Å². The molecule has 3 aromatic rings. The van der Waals surface area contributed by atoms with Gasteiger partial charge in [0, 0.05) is 26.2 Å². The van der Waals surface area contributed by atoms with Crippen LogP contribution in [0, 0.1) is 0 Å². The minimum absolute atomic E-state index is 0.285. The quantitative estimate of drug-likeness (QED) is 0.731. The van der Waals surface area contributed by atoms with Gasteiger partial charge >= 0.3 is 0 Å². The fourth-order valence-electron chi connectivity index (χ4n) is 3.36. The Morgan fingerprint density at radius 1 is 0.880 bits per heavy atom. The predicted octanol–water partition coefficient (Wildman–Crippen LogP) is 4.54. The summed E-state index contributed by atoms with van der Waals surface area (Å²) >= 11 is 1.76. The molecular formula is C21H22N2OS. The Morgan fingerprint density at radius 3 is 2.44 bits per heavy atom. The average molecular weight is 350 g/mol. The smallest absolute Gasteiger partial charge is 0.127 e. The molecule has 4 heteroatoms. The molecule has 1 atom stereocenters. The van der Waals surface area contributed by atoms with Crippen molar-refractivity contribution in [3.63, 3.8) is 0 Å². The molecule has 1 saturated heterocycles. The van der Waals surface area contributed by atoms with Gasteiger partial charge in [0.25, 0.3) is 0 Å². The van der Waals surface area contributed by atoms with Gasteiger partial charge in [-0.15, -0.1) is 0 Å². The molecule has 0 aliphatic carbocycles. The highest BCUT2D eigenvalue weighted by molar-refractivity contribution is 7.08. The zero-order valence-corrected chi connectivity index (χ0v) is 14.9. The van der Waals surface area contributed by atoms with Crippen molar-refractivity contribution in [1.82, 2.24) is 10.2 Å². The van der Waals surface area contributed by atoms with Crippen LogP contribution >= 0.6 is 11.3 Å². The topological polar surface area (TPSA) is 24.5 Å².